The van der Waals surface area contributed by atoms with Crippen LogP contribution in [0.3, 0.4) is 0 Å². The number of carbonyl (C=O) groups excluding carboxylic acids is 2. The molecule has 0 radical (unpaired) electrons. The molecule has 0 saturated carbocycles. The van der Waals surface area contributed by atoms with Gasteiger partial charge in [-0.1, -0.05) is 48.5 Å². The molecule has 2 N–H and O–H groups in total. The first-order valence-corrected chi connectivity index (χ1v) is 13.1. The Morgan fingerprint density at radius 2 is 1.75 bits per heavy atom. The third kappa shape index (κ3) is 5.75. The summed E-state index contributed by atoms with van der Waals surface area (Å²) in [5, 5.41) is 2.84. The van der Waals surface area contributed by atoms with E-state index in [0.717, 1.165) is 22.4 Å². The van der Waals surface area contributed by atoms with Gasteiger partial charge in [0.25, 0.3) is 0 Å². The molecule has 0 aliphatic carbocycles. The lowest BCUT2D eigenvalue weighted by atomic mass is 10.1. The average molecular weight is 508 g/mol. The normalized spacial score (nSPS) is 13.7. The Labute approximate surface area is 211 Å². The summed E-state index contributed by atoms with van der Waals surface area (Å²) in [6, 6.07) is 20.2. The van der Waals surface area contributed by atoms with Gasteiger partial charge in [0, 0.05) is 31.3 Å². The number of rotatable bonds is 9. The van der Waals surface area contributed by atoms with E-state index in [2.05, 4.69) is 10.0 Å². The molecule has 3 aromatic rings. The number of hydrogen-bond donors (Lipinski definition) is 2. The summed E-state index contributed by atoms with van der Waals surface area (Å²) in [4.78, 5) is 26.7. The maximum absolute atomic E-state index is 13.3. The zero-order valence-electron chi connectivity index (χ0n) is 20.2. The zero-order valence-corrected chi connectivity index (χ0v) is 21.0. The Bertz CT molecular complexity index is 1360. The van der Waals surface area contributed by atoms with Crippen LogP contribution in [0.4, 0.5) is 5.69 Å². The van der Waals surface area contributed by atoms with Crippen molar-refractivity contribution in [2.75, 3.05) is 18.6 Å². The predicted octanol–water partition coefficient (Wildman–Crippen LogP) is 2.81. The quantitative estimate of drug-likeness (QED) is 0.464. The van der Waals surface area contributed by atoms with E-state index in [1.165, 1.54) is 13.0 Å². The standard InChI is InChI=1S/C27H29N3O5S/c1-19(31)30-15-14-21-17-23(12-13-25(21)30)36(33,34)29-24(16-20-8-4-3-5-9-20)27(32)28-18-22-10-6-7-11-26(22)35-2/h3-13,17,24,29H,14-16,18H2,1-2H3,(H,28,32)/t24-/m0/s1. The van der Waals surface area contributed by atoms with Gasteiger partial charge in [0.05, 0.1) is 12.0 Å². The average Bonchev–Trinajstić information content (AvgIpc) is 3.31. The van der Waals surface area contributed by atoms with E-state index in [0.29, 0.717) is 18.7 Å². The van der Waals surface area contributed by atoms with Crippen LogP contribution >= 0.6 is 0 Å². The largest absolute Gasteiger partial charge is 0.496 e. The topological polar surface area (TPSA) is 105 Å². The second-order valence-corrected chi connectivity index (χ2v) is 10.3. The fourth-order valence-corrected chi connectivity index (χ4v) is 5.57. The highest BCUT2D eigenvalue weighted by Crippen LogP contribution is 2.30. The lowest BCUT2D eigenvalue weighted by Gasteiger charge is -2.20. The maximum atomic E-state index is 13.3. The molecule has 36 heavy (non-hydrogen) atoms. The minimum atomic E-state index is -4.02. The monoisotopic (exact) mass is 507 g/mol. The minimum Gasteiger partial charge on any atom is -0.496 e. The van der Waals surface area contributed by atoms with Crippen molar-refractivity contribution in [1.29, 1.82) is 0 Å². The van der Waals surface area contributed by atoms with Gasteiger partial charge in [-0.25, -0.2) is 8.42 Å². The predicted molar refractivity (Wildman–Crippen MR) is 137 cm³/mol. The van der Waals surface area contributed by atoms with E-state index in [4.69, 9.17) is 4.74 Å². The SMILES string of the molecule is COc1ccccc1CNC(=O)[C@H](Cc1ccccc1)NS(=O)(=O)c1ccc2c(c1)CCN2C(C)=O. The number of nitrogens with zero attached hydrogens (tertiary/aromatic N) is 1. The van der Waals surface area contributed by atoms with Crippen molar-refractivity contribution in [3.05, 3.63) is 89.5 Å². The number of nitrogens with one attached hydrogen (secondary N) is 2. The molecule has 4 rings (SSSR count). The van der Waals surface area contributed by atoms with Crippen molar-refractivity contribution in [1.82, 2.24) is 10.0 Å². The molecule has 1 heterocycles. The van der Waals surface area contributed by atoms with Gasteiger partial charge < -0.3 is 15.0 Å². The number of amides is 2. The molecule has 2 amide bonds. The third-order valence-electron chi connectivity index (χ3n) is 6.18. The van der Waals surface area contributed by atoms with Gasteiger partial charge in [-0.3, -0.25) is 9.59 Å². The summed E-state index contributed by atoms with van der Waals surface area (Å²) in [5.74, 6) is 0.102. The fraction of sp³-hybridized carbons (Fsp3) is 0.259. The van der Waals surface area contributed by atoms with Crippen LogP contribution in [0.25, 0.3) is 0 Å². The van der Waals surface area contributed by atoms with Crippen LogP contribution in [0.2, 0.25) is 0 Å². The van der Waals surface area contributed by atoms with Gasteiger partial charge >= 0.3 is 0 Å². The van der Waals surface area contributed by atoms with Gasteiger partial charge in [0.1, 0.15) is 11.8 Å². The van der Waals surface area contributed by atoms with Gasteiger partial charge in [-0.2, -0.15) is 4.72 Å². The fourth-order valence-electron chi connectivity index (χ4n) is 4.32. The Kier molecular flexibility index (Phi) is 7.71. The first kappa shape index (κ1) is 25.4. The van der Waals surface area contributed by atoms with Crippen LogP contribution in [-0.2, 0) is 39.0 Å². The van der Waals surface area contributed by atoms with Crippen LogP contribution < -0.4 is 19.7 Å². The van der Waals surface area contributed by atoms with E-state index >= 15 is 0 Å². The summed E-state index contributed by atoms with van der Waals surface area (Å²) in [6.07, 6.45) is 0.756. The number of anilines is 1. The van der Waals surface area contributed by atoms with Crippen LogP contribution in [-0.4, -0.2) is 39.9 Å². The zero-order chi connectivity index (χ0) is 25.7. The van der Waals surface area contributed by atoms with E-state index in [1.807, 2.05) is 48.5 Å². The second kappa shape index (κ2) is 10.9. The molecule has 0 unspecified atom stereocenters. The molecule has 0 saturated heterocycles. The first-order chi connectivity index (χ1) is 17.3. The number of carbonyl (C=O) groups is 2. The molecular formula is C27H29N3O5S. The molecule has 0 spiro atoms. The lowest BCUT2D eigenvalue weighted by molar-refractivity contribution is -0.123. The van der Waals surface area contributed by atoms with Crippen LogP contribution in [0, 0.1) is 0 Å². The number of hydrogen-bond acceptors (Lipinski definition) is 5. The second-order valence-electron chi connectivity index (χ2n) is 8.60. The maximum Gasteiger partial charge on any atom is 0.241 e. The number of benzene rings is 3. The summed E-state index contributed by atoms with van der Waals surface area (Å²) in [5.41, 5.74) is 3.11. The van der Waals surface area contributed by atoms with E-state index < -0.39 is 22.0 Å². The molecule has 188 valence electrons. The number of methoxy groups -OCH3 is 1. The Hall–Kier alpha value is -3.69. The van der Waals surface area contributed by atoms with Crippen molar-refractivity contribution < 1.29 is 22.7 Å². The number of sulfonamides is 1. The Balaban J connectivity index is 1.55. The molecule has 0 bridgehead atoms. The third-order valence-corrected chi connectivity index (χ3v) is 7.65. The van der Waals surface area contributed by atoms with E-state index in [1.54, 1.807) is 30.2 Å². The summed E-state index contributed by atoms with van der Waals surface area (Å²) >= 11 is 0. The van der Waals surface area contributed by atoms with Crippen molar-refractivity contribution in [2.24, 2.45) is 0 Å². The molecule has 1 aliphatic heterocycles. The van der Waals surface area contributed by atoms with Crippen molar-refractivity contribution in [2.45, 2.75) is 37.2 Å². The molecular weight excluding hydrogens is 478 g/mol. The molecule has 3 aromatic carbocycles. The van der Waals surface area contributed by atoms with E-state index in [-0.39, 0.29) is 23.8 Å². The van der Waals surface area contributed by atoms with Crippen LogP contribution in [0.1, 0.15) is 23.6 Å². The molecule has 0 aromatic heterocycles. The molecule has 1 aliphatic rings. The molecule has 1 atom stereocenters. The Morgan fingerprint density at radius 3 is 2.47 bits per heavy atom. The van der Waals surface area contributed by atoms with Crippen molar-refractivity contribution in [3.63, 3.8) is 0 Å². The minimum absolute atomic E-state index is 0.0576. The van der Waals surface area contributed by atoms with Crippen molar-refractivity contribution >= 4 is 27.5 Å². The van der Waals surface area contributed by atoms with Gasteiger partial charge in [0.2, 0.25) is 21.8 Å². The van der Waals surface area contributed by atoms with Gasteiger partial charge in [-0.15, -0.1) is 0 Å². The molecule has 0 fully saturated rings. The first-order valence-electron chi connectivity index (χ1n) is 11.7. The van der Waals surface area contributed by atoms with Crippen LogP contribution in [0.15, 0.2) is 77.7 Å². The Morgan fingerprint density at radius 1 is 1.03 bits per heavy atom. The van der Waals surface area contributed by atoms with E-state index in [9.17, 15) is 18.0 Å². The highest BCUT2D eigenvalue weighted by atomic mass is 32.2. The van der Waals surface area contributed by atoms with Gasteiger partial charge in [0.15, 0.2) is 0 Å². The number of ether oxygens (including phenoxy) is 1. The summed E-state index contributed by atoms with van der Waals surface area (Å²) in [7, 11) is -2.46. The smallest absolute Gasteiger partial charge is 0.241 e. The number of para-hydroxylation sites is 1. The van der Waals surface area contributed by atoms with Gasteiger partial charge in [-0.05, 0) is 48.2 Å². The summed E-state index contributed by atoms with van der Waals surface area (Å²) in [6.45, 7) is 2.19. The number of fused-ring (bicyclic) bond motifs is 1. The lowest BCUT2D eigenvalue weighted by Crippen LogP contribution is -2.47. The van der Waals surface area contributed by atoms with Crippen LogP contribution in [0.5, 0.6) is 5.75 Å². The summed E-state index contributed by atoms with van der Waals surface area (Å²) < 4.78 is 34.6. The molecule has 9 heteroatoms. The highest BCUT2D eigenvalue weighted by molar-refractivity contribution is 7.89. The van der Waals surface area contributed by atoms with Crippen molar-refractivity contribution in [3.8, 4) is 5.75 Å². The highest BCUT2D eigenvalue weighted by Gasteiger charge is 2.29. The molecule has 8 nitrogen and oxygen atoms in total.